The monoisotopic (exact) mass is 249 g/mol. The van der Waals surface area contributed by atoms with E-state index in [0.717, 1.165) is 4.90 Å². The fraction of sp³-hybridized carbons (Fsp3) is 0.333. The summed E-state index contributed by atoms with van der Waals surface area (Å²) in [6, 6.07) is 4.89. The molecule has 0 bridgehead atoms. The number of hydrogen-bond donors (Lipinski definition) is 2. The van der Waals surface area contributed by atoms with Gasteiger partial charge in [-0.2, -0.15) is 0 Å². The third-order valence-electron chi connectivity index (χ3n) is 2.60. The average Bonchev–Trinajstić information content (AvgIpc) is 2.35. The number of amides is 2. The second-order valence-corrected chi connectivity index (χ2v) is 3.92. The molecular weight excluding hydrogens is 234 g/mol. The summed E-state index contributed by atoms with van der Waals surface area (Å²) < 4.78 is 5.26. The Morgan fingerprint density at radius 1 is 1.56 bits per heavy atom. The van der Waals surface area contributed by atoms with Crippen LogP contribution in [0.5, 0.6) is 5.75 Å². The van der Waals surface area contributed by atoms with Gasteiger partial charge in [-0.05, 0) is 24.7 Å². The molecule has 0 unspecified atom stereocenters. The first-order valence-corrected chi connectivity index (χ1v) is 5.72. The lowest BCUT2D eigenvalue weighted by atomic mass is 10.2. The van der Waals surface area contributed by atoms with Gasteiger partial charge in [-0.1, -0.05) is 6.92 Å². The van der Waals surface area contributed by atoms with E-state index in [9.17, 15) is 9.59 Å². The molecule has 18 heavy (non-hydrogen) atoms. The summed E-state index contributed by atoms with van der Waals surface area (Å²) >= 11 is 0. The molecule has 0 saturated carbocycles. The Morgan fingerprint density at radius 2 is 2.33 bits per heavy atom. The number of nitrogens with two attached hydrogens (primary N) is 1. The Morgan fingerprint density at radius 3 is 3.06 bits per heavy atom. The summed E-state index contributed by atoms with van der Waals surface area (Å²) in [6.45, 7) is 2.53. The molecule has 0 aromatic heterocycles. The first-order valence-electron chi connectivity index (χ1n) is 5.72. The van der Waals surface area contributed by atoms with Gasteiger partial charge >= 0.3 is 0 Å². The number of imide groups is 1. The highest BCUT2D eigenvalue weighted by molar-refractivity contribution is 6.18. The second kappa shape index (κ2) is 5.05. The van der Waals surface area contributed by atoms with Crippen LogP contribution in [0.4, 0.5) is 11.4 Å². The minimum Gasteiger partial charge on any atom is -0.482 e. The Balaban J connectivity index is 2.32. The third kappa shape index (κ3) is 2.28. The van der Waals surface area contributed by atoms with E-state index in [2.05, 4.69) is 5.32 Å². The van der Waals surface area contributed by atoms with Gasteiger partial charge in [0.1, 0.15) is 5.75 Å². The van der Waals surface area contributed by atoms with E-state index in [1.807, 2.05) is 6.92 Å². The fourth-order valence-corrected chi connectivity index (χ4v) is 1.75. The molecule has 2 amide bonds. The maximum Gasteiger partial charge on any atom is 0.271 e. The zero-order chi connectivity index (χ0) is 13.1. The van der Waals surface area contributed by atoms with E-state index in [1.165, 1.54) is 0 Å². The molecule has 0 spiro atoms. The van der Waals surface area contributed by atoms with E-state index >= 15 is 0 Å². The second-order valence-electron chi connectivity index (χ2n) is 3.92. The normalized spacial score (nSPS) is 14.1. The predicted octanol–water partition coefficient (Wildman–Crippen LogP) is 0.130. The van der Waals surface area contributed by atoms with E-state index in [4.69, 9.17) is 10.5 Å². The number of likely N-dealkylation sites (N-methyl/N-ethyl adjacent to an activating group) is 1. The van der Waals surface area contributed by atoms with Crippen LogP contribution in [0.1, 0.15) is 6.92 Å². The van der Waals surface area contributed by atoms with Gasteiger partial charge < -0.3 is 15.8 Å². The molecular formula is C12H15N3O3. The summed E-state index contributed by atoms with van der Waals surface area (Å²) in [5.74, 6) is -0.193. The van der Waals surface area contributed by atoms with Gasteiger partial charge in [0, 0.05) is 5.69 Å². The van der Waals surface area contributed by atoms with Crippen LogP contribution in [0, 0.1) is 0 Å². The Kier molecular flexibility index (Phi) is 3.47. The SMILES string of the molecule is CCNCC(=O)N1C(=O)COc2ccc(N)cc21. The van der Waals surface area contributed by atoms with Crippen molar-refractivity contribution in [2.75, 3.05) is 30.3 Å². The molecule has 1 aliphatic rings. The number of carbonyl (C=O) groups excluding carboxylic acids is 2. The summed E-state index contributed by atoms with van der Waals surface area (Å²) in [4.78, 5) is 24.9. The quantitative estimate of drug-likeness (QED) is 0.744. The molecule has 2 rings (SSSR count). The number of nitrogens with zero attached hydrogens (tertiary/aromatic N) is 1. The van der Waals surface area contributed by atoms with Crippen molar-refractivity contribution in [3.63, 3.8) is 0 Å². The van der Waals surface area contributed by atoms with Crippen LogP contribution in [0.25, 0.3) is 0 Å². The standard InChI is InChI=1S/C12H15N3O3/c1-2-14-6-11(16)15-9-5-8(13)3-4-10(9)18-7-12(15)17/h3-5,14H,2,6-7,13H2,1H3. The molecule has 0 saturated heterocycles. The Bertz CT molecular complexity index is 487. The zero-order valence-corrected chi connectivity index (χ0v) is 10.1. The molecule has 6 heteroatoms. The first-order chi connectivity index (χ1) is 8.63. The molecule has 0 radical (unpaired) electrons. The topological polar surface area (TPSA) is 84.7 Å². The molecule has 1 heterocycles. The van der Waals surface area contributed by atoms with E-state index in [0.29, 0.717) is 23.7 Å². The van der Waals surface area contributed by atoms with Crippen LogP contribution in [-0.4, -0.2) is 31.5 Å². The molecule has 3 N–H and O–H groups in total. The van der Waals surface area contributed by atoms with E-state index in [-0.39, 0.29) is 25.0 Å². The largest absolute Gasteiger partial charge is 0.482 e. The van der Waals surface area contributed by atoms with Crippen molar-refractivity contribution in [2.45, 2.75) is 6.92 Å². The molecule has 6 nitrogen and oxygen atoms in total. The lowest BCUT2D eigenvalue weighted by Gasteiger charge is -2.28. The van der Waals surface area contributed by atoms with Gasteiger partial charge in [0.15, 0.2) is 6.61 Å². The molecule has 0 fully saturated rings. The smallest absolute Gasteiger partial charge is 0.271 e. The Labute approximate surface area is 105 Å². The lowest BCUT2D eigenvalue weighted by Crippen LogP contribution is -2.46. The Hall–Kier alpha value is -2.08. The van der Waals surface area contributed by atoms with Crippen LogP contribution in [0.2, 0.25) is 0 Å². The van der Waals surface area contributed by atoms with Gasteiger partial charge in [-0.15, -0.1) is 0 Å². The van der Waals surface area contributed by atoms with Crippen molar-refractivity contribution < 1.29 is 14.3 Å². The summed E-state index contributed by atoms with van der Waals surface area (Å²) in [5.41, 5.74) is 6.56. The molecule has 1 aromatic carbocycles. The highest BCUT2D eigenvalue weighted by atomic mass is 16.5. The van der Waals surface area contributed by atoms with Crippen LogP contribution in [0.15, 0.2) is 18.2 Å². The minimum absolute atomic E-state index is 0.108. The van der Waals surface area contributed by atoms with Crippen molar-refractivity contribution in [3.05, 3.63) is 18.2 Å². The number of benzene rings is 1. The van der Waals surface area contributed by atoms with E-state index in [1.54, 1.807) is 18.2 Å². The zero-order valence-electron chi connectivity index (χ0n) is 10.1. The maximum absolute atomic E-state index is 12.0. The summed E-state index contributed by atoms with van der Waals surface area (Å²) in [6.07, 6.45) is 0. The number of carbonyl (C=O) groups is 2. The molecule has 96 valence electrons. The number of nitrogen functional groups attached to an aromatic ring is 1. The predicted molar refractivity (Wildman–Crippen MR) is 67.4 cm³/mol. The molecule has 1 aliphatic heterocycles. The number of ether oxygens (including phenoxy) is 1. The number of fused-ring (bicyclic) bond motifs is 1. The number of rotatable bonds is 3. The van der Waals surface area contributed by atoms with Gasteiger partial charge in [-0.25, -0.2) is 4.90 Å². The lowest BCUT2D eigenvalue weighted by molar-refractivity contribution is -0.128. The summed E-state index contributed by atoms with van der Waals surface area (Å²) in [7, 11) is 0. The van der Waals surface area contributed by atoms with Gasteiger partial charge in [-0.3, -0.25) is 9.59 Å². The minimum atomic E-state index is -0.379. The van der Waals surface area contributed by atoms with Crippen molar-refractivity contribution in [3.8, 4) is 5.75 Å². The molecule has 0 aliphatic carbocycles. The van der Waals surface area contributed by atoms with Crippen molar-refractivity contribution in [1.82, 2.24) is 5.32 Å². The maximum atomic E-state index is 12.0. The van der Waals surface area contributed by atoms with E-state index < -0.39 is 0 Å². The highest BCUT2D eigenvalue weighted by Gasteiger charge is 2.30. The number of nitrogens with one attached hydrogen (secondary N) is 1. The average molecular weight is 249 g/mol. The third-order valence-corrected chi connectivity index (χ3v) is 2.60. The van der Waals surface area contributed by atoms with Crippen LogP contribution >= 0.6 is 0 Å². The highest BCUT2D eigenvalue weighted by Crippen LogP contribution is 2.33. The summed E-state index contributed by atoms with van der Waals surface area (Å²) in [5, 5.41) is 2.90. The first kappa shape index (κ1) is 12.4. The van der Waals surface area contributed by atoms with Crippen molar-refractivity contribution in [1.29, 1.82) is 0 Å². The molecule has 1 aromatic rings. The van der Waals surface area contributed by atoms with Crippen molar-refractivity contribution >= 4 is 23.2 Å². The van der Waals surface area contributed by atoms with Gasteiger partial charge in [0.05, 0.1) is 12.2 Å². The number of anilines is 2. The molecule has 0 atom stereocenters. The number of hydrogen-bond acceptors (Lipinski definition) is 5. The van der Waals surface area contributed by atoms with Crippen molar-refractivity contribution in [2.24, 2.45) is 0 Å². The van der Waals surface area contributed by atoms with Gasteiger partial charge in [0.2, 0.25) is 5.91 Å². The fourth-order valence-electron chi connectivity index (χ4n) is 1.75. The van der Waals surface area contributed by atoms with Gasteiger partial charge in [0.25, 0.3) is 5.91 Å². The van der Waals surface area contributed by atoms with Crippen LogP contribution < -0.4 is 20.7 Å². The van der Waals surface area contributed by atoms with Crippen LogP contribution in [0.3, 0.4) is 0 Å². The van der Waals surface area contributed by atoms with Crippen LogP contribution in [-0.2, 0) is 9.59 Å².